The van der Waals surface area contributed by atoms with Gasteiger partial charge in [0.2, 0.25) is 5.91 Å². The minimum Gasteiger partial charge on any atom is -0.348 e. The largest absolute Gasteiger partial charge is 0.348 e. The van der Waals surface area contributed by atoms with Gasteiger partial charge in [-0.2, -0.15) is 0 Å². The van der Waals surface area contributed by atoms with Crippen LogP contribution in [0.25, 0.3) is 0 Å². The molecule has 4 heteroatoms. The third-order valence-corrected chi connectivity index (χ3v) is 3.96. The maximum atomic E-state index is 12.5. The van der Waals surface area contributed by atoms with Gasteiger partial charge in [0.25, 0.3) is 0 Å². The molecule has 0 spiro atoms. The van der Waals surface area contributed by atoms with E-state index in [-0.39, 0.29) is 11.9 Å². The van der Waals surface area contributed by atoms with Gasteiger partial charge in [0.15, 0.2) is 0 Å². The van der Waals surface area contributed by atoms with Crippen LogP contribution in [0.5, 0.6) is 0 Å². The number of aromatic amines is 1. The molecule has 2 aromatic rings. The zero-order valence-electron chi connectivity index (χ0n) is 13.6. The topological polar surface area (TPSA) is 49.0 Å². The number of likely N-dealkylation sites (N-methyl/N-ethyl adjacent to an activating group) is 1. The van der Waals surface area contributed by atoms with Crippen LogP contribution in [-0.2, 0) is 11.2 Å². The summed E-state index contributed by atoms with van der Waals surface area (Å²) in [5.74, 6) is 0.740. The Bertz CT molecular complexity index is 563. The number of hydrogen-bond donors (Lipinski definition) is 1. The van der Waals surface area contributed by atoms with Gasteiger partial charge in [-0.05, 0) is 24.3 Å². The Kier molecular flexibility index (Phi) is 5.75. The monoisotopic (exact) mass is 299 g/mol. The number of rotatable bonds is 7. The molecule has 0 aliphatic carbocycles. The molecule has 1 aromatic carbocycles. The van der Waals surface area contributed by atoms with E-state index in [4.69, 9.17) is 0 Å². The lowest BCUT2D eigenvalue weighted by Gasteiger charge is -2.29. The lowest BCUT2D eigenvalue weighted by atomic mass is 9.96. The highest BCUT2D eigenvalue weighted by Gasteiger charge is 2.22. The molecule has 2 rings (SSSR count). The number of aromatic nitrogens is 2. The van der Waals surface area contributed by atoms with Gasteiger partial charge in [0.1, 0.15) is 0 Å². The van der Waals surface area contributed by atoms with Gasteiger partial charge in [-0.15, -0.1) is 0 Å². The molecule has 0 aliphatic heterocycles. The first-order valence-electron chi connectivity index (χ1n) is 7.85. The second-order valence-corrected chi connectivity index (χ2v) is 6.16. The number of nitrogens with one attached hydrogen (secondary N) is 1. The SMILES string of the molecule is CC(C)CC[C@H](c1ccccc1)N(C)C(=O)Cc1cnc[nH]1. The van der Waals surface area contributed by atoms with E-state index in [1.165, 1.54) is 5.56 Å². The Morgan fingerprint density at radius 3 is 2.55 bits per heavy atom. The molecule has 1 amide bonds. The van der Waals surface area contributed by atoms with Crippen molar-refractivity contribution in [2.45, 2.75) is 39.2 Å². The first kappa shape index (κ1) is 16.3. The van der Waals surface area contributed by atoms with Crippen LogP contribution < -0.4 is 0 Å². The van der Waals surface area contributed by atoms with Gasteiger partial charge >= 0.3 is 0 Å². The van der Waals surface area contributed by atoms with Gasteiger partial charge < -0.3 is 9.88 Å². The van der Waals surface area contributed by atoms with Crippen molar-refractivity contribution in [1.29, 1.82) is 0 Å². The van der Waals surface area contributed by atoms with Crippen molar-refractivity contribution in [2.75, 3.05) is 7.05 Å². The standard InChI is InChI=1S/C18H25N3O/c1-14(2)9-10-17(15-7-5-4-6-8-15)21(3)18(22)11-16-12-19-13-20-16/h4-8,12-14,17H,9-11H2,1-3H3,(H,19,20)/t17-/m1/s1. The maximum absolute atomic E-state index is 12.5. The van der Waals surface area contributed by atoms with Crippen molar-refractivity contribution >= 4 is 5.91 Å². The highest BCUT2D eigenvalue weighted by molar-refractivity contribution is 5.78. The number of carbonyl (C=O) groups is 1. The second kappa shape index (κ2) is 7.78. The molecule has 118 valence electrons. The summed E-state index contributed by atoms with van der Waals surface area (Å²) in [5, 5.41) is 0. The average Bonchev–Trinajstić information content (AvgIpc) is 3.01. The quantitative estimate of drug-likeness (QED) is 0.849. The van der Waals surface area contributed by atoms with E-state index < -0.39 is 0 Å². The molecule has 0 fully saturated rings. The summed E-state index contributed by atoms with van der Waals surface area (Å²) in [6.45, 7) is 4.43. The van der Waals surface area contributed by atoms with E-state index in [1.807, 2.05) is 30.1 Å². The first-order chi connectivity index (χ1) is 10.6. The number of amides is 1. The Balaban J connectivity index is 2.11. The first-order valence-corrected chi connectivity index (χ1v) is 7.85. The second-order valence-electron chi connectivity index (χ2n) is 6.16. The molecule has 1 aromatic heterocycles. The number of nitrogens with zero attached hydrogens (tertiary/aromatic N) is 2. The van der Waals surface area contributed by atoms with Crippen LogP contribution in [0, 0.1) is 5.92 Å². The number of benzene rings is 1. The summed E-state index contributed by atoms with van der Waals surface area (Å²) in [5.41, 5.74) is 2.05. The van der Waals surface area contributed by atoms with E-state index in [0.29, 0.717) is 12.3 Å². The Morgan fingerprint density at radius 1 is 1.23 bits per heavy atom. The van der Waals surface area contributed by atoms with Gasteiger partial charge in [-0.1, -0.05) is 44.2 Å². The van der Waals surface area contributed by atoms with Crippen LogP contribution in [0.4, 0.5) is 0 Å². The van der Waals surface area contributed by atoms with Gasteiger partial charge in [-0.3, -0.25) is 4.79 Å². The molecule has 4 nitrogen and oxygen atoms in total. The highest BCUT2D eigenvalue weighted by atomic mass is 16.2. The van der Waals surface area contributed by atoms with Crippen molar-refractivity contribution in [3.63, 3.8) is 0 Å². The zero-order chi connectivity index (χ0) is 15.9. The molecule has 0 radical (unpaired) electrons. The van der Waals surface area contributed by atoms with Gasteiger partial charge in [-0.25, -0.2) is 4.98 Å². The van der Waals surface area contributed by atoms with Crippen LogP contribution in [0.15, 0.2) is 42.9 Å². The van der Waals surface area contributed by atoms with Gasteiger partial charge in [0, 0.05) is 18.9 Å². The average molecular weight is 299 g/mol. The fourth-order valence-electron chi connectivity index (χ4n) is 2.59. The maximum Gasteiger partial charge on any atom is 0.228 e. The van der Waals surface area contributed by atoms with Crippen molar-refractivity contribution < 1.29 is 4.79 Å². The van der Waals surface area contributed by atoms with Gasteiger partial charge in [0.05, 0.1) is 18.8 Å². The van der Waals surface area contributed by atoms with Crippen LogP contribution in [0.2, 0.25) is 0 Å². The number of H-pyrrole nitrogens is 1. The van der Waals surface area contributed by atoms with E-state index in [9.17, 15) is 4.79 Å². The Morgan fingerprint density at radius 2 is 1.95 bits per heavy atom. The Hall–Kier alpha value is -2.10. The molecule has 0 saturated carbocycles. The molecule has 22 heavy (non-hydrogen) atoms. The van der Waals surface area contributed by atoms with Crippen LogP contribution in [-0.4, -0.2) is 27.8 Å². The fourth-order valence-corrected chi connectivity index (χ4v) is 2.59. The highest BCUT2D eigenvalue weighted by Crippen LogP contribution is 2.26. The van der Waals surface area contributed by atoms with Crippen molar-refractivity contribution in [3.8, 4) is 0 Å². The van der Waals surface area contributed by atoms with Crippen LogP contribution in [0.3, 0.4) is 0 Å². The zero-order valence-corrected chi connectivity index (χ0v) is 13.6. The predicted molar refractivity (Wildman–Crippen MR) is 88.3 cm³/mol. The summed E-state index contributed by atoms with van der Waals surface area (Å²) in [6.07, 6.45) is 5.75. The summed E-state index contributed by atoms with van der Waals surface area (Å²) in [7, 11) is 1.90. The minimum atomic E-state index is 0.113. The molecule has 0 bridgehead atoms. The van der Waals surface area contributed by atoms with Crippen molar-refractivity contribution in [3.05, 3.63) is 54.1 Å². The van der Waals surface area contributed by atoms with E-state index in [1.54, 1.807) is 12.5 Å². The summed E-state index contributed by atoms with van der Waals surface area (Å²) < 4.78 is 0. The van der Waals surface area contributed by atoms with E-state index in [2.05, 4.69) is 35.9 Å². The molecule has 0 saturated heterocycles. The van der Waals surface area contributed by atoms with Crippen molar-refractivity contribution in [2.24, 2.45) is 5.92 Å². The lowest BCUT2D eigenvalue weighted by molar-refractivity contribution is -0.131. The molecule has 1 N–H and O–H groups in total. The summed E-state index contributed by atoms with van der Waals surface area (Å²) >= 11 is 0. The summed E-state index contributed by atoms with van der Waals surface area (Å²) in [6, 6.07) is 10.4. The fraction of sp³-hybridized carbons (Fsp3) is 0.444. The predicted octanol–water partition coefficient (Wildman–Crippen LogP) is 3.59. The molecular weight excluding hydrogens is 274 g/mol. The molecule has 0 aliphatic rings. The van der Waals surface area contributed by atoms with E-state index in [0.717, 1.165) is 18.5 Å². The molecule has 0 unspecified atom stereocenters. The summed E-state index contributed by atoms with van der Waals surface area (Å²) in [4.78, 5) is 21.4. The smallest absolute Gasteiger partial charge is 0.228 e. The lowest BCUT2D eigenvalue weighted by Crippen LogP contribution is -2.32. The number of carbonyl (C=O) groups excluding carboxylic acids is 1. The Labute approximate surface area is 132 Å². The number of imidazole rings is 1. The minimum absolute atomic E-state index is 0.113. The molecule has 1 heterocycles. The molecule has 1 atom stereocenters. The molecular formula is C18H25N3O. The number of hydrogen-bond acceptors (Lipinski definition) is 2. The van der Waals surface area contributed by atoms with E-state index >= 15 is 0 Å². The third kappa shape index (κ3) is 4.45. The third-order valence-electron chi connectivity index (χ3n) is 3.96. The normalized spacial score (nSPS) is 12.4. The van der Waals surface area contributed by atoms with Crippen molar-refractivity contribution in [1.82, 2.24) is 14.9 Å². The van der Waals surface area contributed by atoms with Crippen LogP contribution in [0.1, 0.15) is 44.0 Å². The van der Waals surface area contributed by atoms with Crippen LogP contribution >= 0.6 is 0 Å².